The van der Waals surface area contributed by atoms with E-state index in [1.54, 1.807) is 24.3 Å². The minimum atomic E-state index is -3.85. The Balaban J connectivity index is 1.47. The van der Waals surface area contributed by atoms with Gasteiger partial charge in [0.15, 0.2) is 5.82 Å². The van der Waals surface area contributed by atoms with E-state index in [4.69, 9.17) is 0 Å². The highest BCUT2D eigenvalue weighted by atomic mass is 32.2. The third-order valence-electron chi connectivity index (χ3n) is 4.87. The molecule has 0 aliphatic carbocycles. The summed E-state index contributed by atoms with van der Waals surface area (Å²) in [5, 5.41) is 8.65. The van der Waals surface area contributed by atoms with Crippen molar-refractivity contribution in [1.82, 2.24) is 10.2 Å². The van der Waals surface area contributed by atoms with Gasteiger partial charge in [0.1, 0.15) is 5.82 Å². The molecule has 1 aromatic heterocycles. The number of hydrogen-bond acceptors (Lipinski definition) is 5. The number of halogens is 1. The summed E-state index contributed by atoms with van der Waals surface area (Å²) in [4.78, 5) is 2.12. The molecule has 6 nitrogen and oxygen atoms in total. The van der Waals surface area contributed by atoms with Crippen LogP contribution in [0.1, 0.15) is 19.3 Å². The lowest BCUT2D eigenvalue weighted by Gasteiger charge is -2.27. The molecule has 0 unspecified atom stereocenters. The molecule has 1 N–H and O–H groups in total. The largest absolute Gasteiger partial charge is 0.355 e. The lowest BCUT2D eigenvalue weighted by atomic mass is 10.1. The predicted octanol–water partition coefficient (Wildman–Crippen LogP) is 4.07. The number of rotatable bonds is 5. The van der Waals surface area contributed by atoms with Gasteiger partial charge >= 0.3 is 0 Å². The van der Waals surface area contributed by atoms with Crippen LogP contribution >= 0.6 is 0 Å². The molecule has 2 aromatic carbocycles. The maximum atomic E-state index is 13.3. The van der Waals surface area contributed by atoms with Gasteiger partial charge in [-0.1, -0.05) is 18.2 Å². The molecule has 0 bridgehead atoms. The predicted molar refractivity (Wildman–Crippen MR) is 111 cm³/mol. The van der Waals surface area contributed by atoms with E-state index in [0.29, 0.717) is 11.4 Å². The Morgan fingerprint density at radius 2 is 1.66 bits per heavy atom. The minimum absolute atomic E-state index is 0.124. The van der Waals surface area contributed by atoms with Crippen molar-refractivity contribution in [2.75, 3.05) is 22.7 Å². The number of anilines is 2. The lowest BCUT2D eigenvalue weighted by Crippen LogP contribution is -2.30. The summed E-state index contributed by atoms with van der Waals surface area (Å²) in [7, 11) is -3.85. The first-order valence-electron chi connectivity index (χ1n) is 9.49. The molecule has 2 heterocycles. The Kier molecular flexibility index (Phi) is 5.44. The summed E-state index contributed by atoms with van der Waals surface area (Å²) in [6.07, 6.45) is 3.62. The van der Waals surface area contributed by atoms with Gasteiger partial charge in [-0.2, -0.15) is 0 Å². The van der Waals surface area contributed by atoms with Crippen molar-refractivity contribution in [3.8, 4) is 11.3 Å². The van der Waals surface area contributed by atoms with Gasteiger partial charge in [0.25, 0.3) is 10.0 Å². The first-order valence-corrected chi connectivity index (χ1v) is 11.0. The van der Waals surface area contributed by atoms with Crippen LogP contribution < -0.4 is 9.62 Å². The monoisotopic (exact) mass is 412 g/mol. The van der Waals surface area contributed by atoms with Crippen molar-refractivity contribution < 1.29 is 12.8 Å². The van der Waals surface area contributed by atoms with Crippen LogP contribution in [0.3, 0.4) is 0 Å². The van der Waals surface area contributed by atoms with Crippen molar-refractivity contribution in [2.45, 2.75) is 24.2 Å². The molecule has 150 valence electrons. The highest BCUT2D eigenvalue weighted by molar-refractivity contribution is 7.92. The molecule has 4 rings (SSSR count). The molecule has 8 heteroatoms. The molecule has 0 radical (unpaired) electrons. The second-order valence-electron chi connectivity index (χ2n) is 6.96. The van der Waals surface area contributed by atoms with Gasteiger partial charge in [0.2, 0.25) is 0 Å². The van der Waals surface area contributed by atoms with Crippen molar-refractivity contribution in [1.29, 1.82) is 0 Å². The van der Waals surface area contributed by atoms with Crippen LogP contribution in [-0.4, -0.2) is 31.7 Å². The first kappa shape index (κ1) is 19.3. The van der Waals surface area contributed by atoms with Crippen LogP contribution in [-0.2, 0) is 10.0 Å². The van der Waals surface area contributed by atoms with Crippen LogP contribution in [0.25, 0.3) is 11.3 Å². The van der Waals surface area contributed by atoms with E-state index in [2.05, 4.69) is 19.8 Å². The highest BCUT2D eigenvalue weighted by Crippen LogP contribution is 2.23. The van der Waals surface area contributed by atoms with Gasteiger partial charge in [0, 0.05) is 24.3 Å². The SMILES string of the molecule is O=S(=O)(Nc1ccc(-c2ccc(N3CCCCC3)nn2)cc1)c1cccc(F)c1. The molecule has 1 saturated heterocycles. The first-order chi connectivity index (χ1) is 14.0. The van der Waals surface area contributed by atoms with Gasteiger partial charge in [0.05, 0.1) is 10.6 Å². The molecule has 1 aliphatic heterocycles. The fraction of sp³-hybridized carbons (Fsp3) is 0.238. The molecule has 0 spiro atoms. The Morgan fingerprint density at radius 3 is 2.31 bits per heavy atom. The zero-order valence-electron chi connectivity index (χ0n) is 15.8. The number of nitrogens with one attached hydrogen (secondary N) is 1. The normalized spacial score (nSPS) is 14.6. The van der Waals surface area contributed by atoms with Crippen molar-refractivity contribution in [3.05, 3.63) is 66.5 Å². The topological polar surface area (TPSA) is 75.2 Å². The van der Waals surface area contributed by atoms with E-state index in [1.165, 1.54) is 37.5 Å². The molecule has 1 fully saturated rings. The van der Waals surface area contributed by atoms with Crippen molar-refractivity contribution >= 4 is 21.5 Å². The van der Waals surface area contributed by atoms with Crippen molar-refractivity contribution in [3.63, 3.8) is 0 Å². The second-order valence-corrected chi connectivity index (χ2v) is 8.65. The molecule has 0 amide bonds. The maximum absolute atomic E-state index is 13.3. The number of nitrogens with zero attached hydrogens (tertiary/aromatic N) is 3. The van der Waals surface area contributed by atoms with E-state index >= 15 is 0 Å². The Hall–Kier alpha value is -3.00. The van der Waals surface area contributed by atoms with E-state index in [1.807, 2.05) is 12.1 Å². The standard InChI is InChI=1S/C21H21FN4O2S/c22-17-5-4-6-19(15-17)29(27,28)25-18-9-7-16(8-10-18)20-11-12-21(24-23-20)26-13-2-1-3-14-26/h4-12,15,25H,1-3,13-14H2. The highest BCUT2D eigenvalue weighted by Gasteiger charge is 2.15. The fourth-order valence-electron chi connectivity index (χ4n) is 3.33. The molecular formula is C21H21FN4O2S. The van der Waals surface area contributed by atoms with E-state index in [0.717, 1.165) is 30.5 Å². The average Bonchev–Trinajstić information content (AvgIpc) is 2.75. The lowest BCUT2D eigenvalue weighted by molar-refractivity contribution is 0.571. The number of sulfonamides is 1. The summed E-state index contributed by atoms with van der Waals surface area (Å²) in [6, 6.07) is 15.6. The summed E-state index contributed by atoms with van der Waals surface area (Å²) in [5.74, 6) is 0.280. The molecule has 1 aliphatic rings. The van der Waals surface area contributed by atoms with Crippen LogP contribution in [0.4, 0.5) is 15.9 Å². The van der Waals surface area contributed by atoms with E-state index < -0.39 is 15.8 Å². The Labute approximate surface area is 169 Å². The molecule has 0 atom stereocenters. The minimum Gasteiger partial charge on any atom is -0.355 e. The van der Waals surface area contributed by atoms with Gasteiger partial charge < -0.3 is 4.90 Å². The number of aromatic nitrogens is 2. The smallest absolute Gasteiger partial charge is 0.261 e. The van der Waals surface area contributed by atoms with Gasteiger partial charge in [-0.25, -0.2) is 12.8 Å². The molecular weight excluding hydrogens is 391 g/mol. The maximum Gasteiger partial charge on any atom is 0.261 e. The molecule has 0 saturated carbocycles. The van der Waals surface area contributed by atoms with Crippen LogP contribution in [0.15, 0.2) is 65.6 Å². The third-order valence-corrected chi connectivity index (χ3v) is 6.25. The Bertz CT molecular complexity index is 1080. The number of piperidine rings is 1. The van der Waals surface area contributed by atoms with E-state index in [9.17, 15) is 12.8 Å². The van der Waals surface area contributed by atoms with Gasteiger partial charge in [-0.15, -0.1) is 10.2 Å². The van der Waals surface area contributed by atoms with Crippen LogP contribution in [0.2, 0.25) is 0 Å². The van der Waals surface area contributed by atoms with E-state index in [-0.39, 0.29) is 4.90 Å². The van der Waals surface area contributed by atoms with Crippen LogP contribution in [0, 0.1) is 5.82 Å². The van der Waals surface area contributed by atoms with Crippen molar-refractivity contribution in [2.24, 2.45) is 0 Å². The van der Waals surface area contributed by atoms with Gasteiger partial charge in [-0.3, -0.25) is 4.72 Å². The second kappa shape index (κ2) is 8.16. The fourth-order valence-corrected chi connectivity index (χ4v) is 4.42. The summed E-state index contributed by atoms with van der Waals surface area (Å²) < 4.78 is 40.6. The van der Waals surface area contributed by atoms with Gasteiger partial charge in [-0.05, 0) is 61.7 Å². The summed E-state index contributed by atoms with van der Waals surface area (Å²) in [6.45, 7) is 2.02. The average molecular weight is 412 g/mol. The summed E-state index contributed by atoms with van der Waals surface area (Å²) in [5.41, 5.74) is 1.93. The van der Waals surface area contributed by atoms with Crippen LogP contribution in [0.5, 0.6) is 0 Å². The zero-order valence-corrected chi connectivity index (χ0v) is 16.6. The quantitative estimate of drug-likeness (QED) is 0.684. The molecule has 29 heavy (non-hydrogen) atoms. The summed E-state index contributed by atoms with van der Waals surface area (Å²) >= 11 is 0. The Morgan fingerprint density at radius 1 is 0.897 bits per heavy atom. The zero-order chi connectivity index (χ0) is 20.3. The third kappa shape index (κ3) is 4.54. The number of hydrogen-bond donors (Lipinski definition) is 1. The number of benzene rings is 2. The molecule has 3 aromatic rings.